The van der Waals surface area contributed by atoms with Crippen LogP contribution < -0.4 is 9.80 Å². The topological polar surface area (TPSA) is 73.8 Å². The number of thiazole rings is 1. The van der Waals surface area contributed by atoms with Crippen molar-refractivity contribution in [2.45, 2.75) is 12.8 Å². The van der Waals surface area contributed by atoms with Crippen molar-refractivity contribution in [2.75, 3.05) is 37.0 Å². The second-order valence-corrected chi connectivity index (χ2v) is 8.40. The van der Waals surface area contributed by atoms with E-state index < -0.39 is 0 Å². The van der Waals surface area contributed by atoms with Gasteiger partial charge >= 0.3 is 0 Å². The highest BCUT2D eigenvalue weighted by Gasteiger charge is 2.30. The summed E-state index contributed by atoms with van der Waals surface area (Å²) >= 11 is 1.48. The Morgan fingerprint density at radius 1 is 1.00 bits per heavy atom. The molecule has 1 fully saturated rings. The Morgan fingerprint density at radius 3 is 2.30 bits per heavy atom. The monoisotopic (exact) mass is 422 g/mol. The standard InChI is InChI=1S/C22H22N4O3S/c1-24(2)13-14-25(22-23-17-5-3-4-6-18(17)30-22)21(29)15-7-9-16(10-8-15)26-19(27)11-12-20(26)28/h3-10H,11-14H2,1-2H3. The largest absolute Gasteiger partial charge is 0.308 e. The van der Waals surface area contributed by atoms with Crippen LogP contribution in [-0.2, 0) is 9.59 Å². The molecule has 0 aliphatic carbocycles. The van der Waals surface area contributed by atoms with Gasteiger partial charge in [-0.1, -0.05) is 23.5 Å². The van der Waals surface area contributed by atoms with E-state index in [9.17, 15) is 14.4 Å². The molecule has 2 aromatic carbocycles. The first-order valence-electron chi connectivity index (χ1n) is 9.72. The predicted octanol–water partition coefficient (Wildman–Crippen LogP) is 3.16. The quantitative estimate of drug-likeness (QED) is 0.571. The molecule has 8 heteroatoms. The summed E-state index contributed by atoms with van der Waals surface area (Å²) < 4.78 is 1.02. The lowest BCUT2D eigenvalue weighted by atomic mass is 10.1. The highest BCUT2D eigenvalue weighted by atomic mass is 32.1. The number of benzene rings is 2. The highest BCUT2D eigenvalue weighted by molar-refractivity contribution is 7.22. The molecule has 30 heavy (non-hydrogen) atoms. The third-order valence-electron chi connectivity index (χ3n) is 4.95. The van der Waals surface area contributed by atoms with Crippen LogP contribution in [0.2, 0.25) is 0 Å². The number of nitrogens with zero attached hydrogens (tertiary/aromatic N) is 4. The maximum absolute atomic E-state index is 13.3. The number of carbonyl (C=O) groups is 3. The average Bonchev–Trinajstić information content (AvgIpc) is 3.30. The van der Waals surface area contributed by atoms with Gasteiger partial charge in [-0.25, -0.2) is 4.98 Å². The van der Waals surface area contributed by atoms with E-state index in [-0.39, 0.29) is 30.6 Å². The van der Waals surface area contributed by atoms with Gasteiger partial charge < -0.3 is 4.90 Å². The smallest absolute Gasteiger partial charge is 0.260 e. The van der Waals surface area contributed by atoms with Crippen LogP contribution in [0.1, 0.15) is 23.2 Å². The number of likely N-dealkylation sites (N-methyl/N-ethyl adjacent to an activating group) is 1. The summed E-state index contributed by atoms with van der Waals surface area (Å²) in [6, 6.07) is 14.4. The van der Waals surface area contributed by atoms with Crippen LogP contribution in [0.3, 0.4) is 0 Å². The molecule has 1 aliphatic rings. The fourth-order valence-corrected chi connectivity index (χ4v) is 4.32. The van der Waals surface area contributed by atoms with Crippen LogP contribution in [0, 0.1) is 0 Å². The van der Waals surface area contributed by atoms with Crippen molar-refractivity contribution in [3.63, 3.8) is 0 Å². The van der Waals surface area contributed by atoms with Crippen LogP contribution in [0.4, 0.5) is 10.8 Å². The normalized spacial score (nSPS) is 14.2. The first-order valence-corrected chi connectivity index (χ1v) is 10.5. The Kier molecular flexibility index (Phi) is 5.61. The van der Waals surface area contributed by atoms with Crippen molar-refractivity contribution in [3.05, 3.63) is 54.1 Å². The highest BCUT2D eigenvalue weighted by Crippen LogP contribution is 2.30. The van der Waals surface area contributed by atoms with Crippen molar-refractivity contribution in [3.8, 4) is 0 Å². The van der Waals surface area contributed by atoms with Gasteiger partial charge in [0.1, 0.15) is 0 Å². The number of amides is 3. The molecule has 1 aromatic heterocycles. The van der Waals surface area contributed by atoms with Crippen LogP contribution in [-0.4, -0.2) is 54.8 Å². The molecule has 3 aromatic rings. The van der Waals surface area contributed by atoms with E-state index in [0.29, 0.717) is 29.5 Å². The van der Waals surface area contributed by atoms with E-state index in [2.05, 4.69) is 4.98 Å². The number of anilines is 2. The molecule has 7 nitrogen and oxygen atoms in total. The van der Waals surface area contributed by atoms with E-state index in [1.165, 1.54) is 16.2 Å². The summed E-state index contributed by atoms with van der Waals surface area (Å²) in [5.41, 5.74) is 1.84. The minimum atomic E-state index is -0.207. The van der Waals surface area contributed by atoms with Crippen molar-refractivity contribution in [1.29, 1.82) is 0 Å². The number of hydrogen-bond donors (Lipinski definition) is 0. The lowest BCUT2D eigenvalue weighted by Gasteiger charge is -2.22. The maximum atomic E-state index is 13.3. The Morgan fingerprint density at radius 2 is 1.67 bits per heavy atom. The lowest BCUT2D eigenvalue weighted by molar-refractivity contribution is -0.121. The molecule has 0 N–H and O–H groups in total. The van der Waals surface area contributed by atoms with E-state index in [1.54, 1.807) is 29.2 Å². The summed E-state index contributed by atoms with van der Waals surface area (Å²) in [7, 11) is 3.92. The molecular formula is C22H22N4O3S. The second-order valence-electron chi connectivity index (χ2n) is 7.39. The summed E-state index contributed by atoms with van der Waals surface area (Å²) in [6.45, 7) is 1.19. The first-order chi connectivity index (χ1) is 14.4. The van der Waals surface area contributed by atoms with Crippen molar-refractivity contribution >= 4 is 50.1 Å². The fourth-order valence-electron chi connectivity index (χ4n) is 3.33. The third kappa shape index (κ3) is 3.96. The molecule has 3 amide bonds. The van der Waals surface area contributed by atoms with Gasteiger partial charge in [0.25, 0.3) is 5.91 Å². The van der Waals surface area contributed by atoms with E-state index >= 15 is 0 Å². The fraction of sp³-hybridized carbons (Fsp3) is 0.273. The van der Waals surface area contributed by atoms with Crippen LogP contribution >= 0.6 is 11.3 Å². The molecule has 0 saturated carbocycles. The summed E-state index contributed by atoms with van der Waals surface area (Å²) in [6.07, 6.45) is 0.463. The molecule has 4 rings (SSSR count). The molecule has 0 unspecified atom stereocenters. The van der Waals surface area contributed by atoms with E-state index in [0.717, 1.165) is 10.2 Å². The number of para-hydroxylation sites is 1. The minimum absolute atomic E-state index is 0.165. The zero-order valence-corrected chi connectivity index (χ0v) is 17.7. The third-order valence-corrected chi connectivity index (χ3v) is 6.01. The second kappa shape index (κ2) is 8.33. The number of aromatic nitrogens is 1. The van der Waals surface area contributed by atoms with Gasteiger partial charge in [0.15, 0.2) is 5.13 Å². The van der Waals surface area contributed by atoms with Crippen LogP contribution in [0.25, 0.3) is 10.2 Å². The molecular weight excluding hydrogens is 400 g/mol. The molecule has 2 heterocycles. The minimum Gasteiger partial charge on any atom is -0.308 e. The van der Waals surface area contributed by atoms with Gasteiger partial charge in [-0.15, -0.1) is 0 Å². The molecule has 0 radical (unpaired) electrons. The molecule has 0 atom stereocenters. The predicted molar refractivity (Wildman–Crippen MR) is 118 cm³/mol. The Balaban J connectivity index is 1.62. The van der Waals surface area contributed by atoms with Crippen molar-refractivity contribution in [1.82, 2.24) is 9.88 Å². The number of carbonyl (C=O) groups excluding carboxylic acids is 3. The van der Waals surface area contributed by atoms with Gasteiger partial charge in [-0.3, -0.25) is 24.2 Å². The van der Waals surface area contributed by atoms with Crippen molar-refractivity contribution in [2.24, 2.45) is 0 Å². The summed E-state index contributed by atoms with van der Waals surface area (Å²) in [5.74, 6) is -0.580. The number of imide groups is 1. The van der Waals surface area contributed by atoms with Crippen LogP contribution in [0.15, 0.2) is 48.5 Å². The zero-order chi connectivity index (χ0) is 21.3. The summed E-state index contributed by atoms with van der Waals surface area (Å²) in [4.78, 5) is 46.8. The maximum Gasteiger partial charge on any atom is 0.260 e. The number of fused-ring (bicyclic) bond motifs is 1. The summed E-state index contributed by atoms with van der Waals surface area (Å²) in [5, 5.41) is 0.650. The van der Waals surface area contributed by atoms with Gasteiger partial charge in [0.05, 0.1) is 15.9 Å². The lowest BCUT2D eigenvalue weighted by Crippen LogP contribution is -2.36. The molecule has 0 bridgehead atoms. The molecule has 1 aliphatic heterocycles. The molecule has 0 spiro atoms. The van der Waals surface area contributed by atoms with Gasteiger partial charge in [0, 0.05) is 31.5 Å². The van der Waals surface area contributed by atoms with E-state index in [1.807, 2.05) is 43.3 Å². The Bertz CT molecular complexity index is 1060. The SMILES string of the molecule is CN(C)CCN(C(=O)c1ccc(N2C(=O)CCC2=O)cc1)c1nc2ccccc2s1. The van der Waals surface area contributed by atoms with Gasteiger partial charge in [-0.05, 0) is 50.5 Å². The average molecular weight is 423 g/mol. The van der Waals surface area contributed by atoms with Crippen molar-refractivity contribution < 1.29 is 14.4 Å². The van der Waals surface area contributed by atoms with Gasteiger partial charge in [0.2, 0.25) is 11.8 Å². The Hall–Kier alpha value is -3.10. The number of rotatable bonds is 6. The van der Waals surface area contributed by atoms with Crippen LogP contribution in [0.5, 0.6) is 0 Å². The first kappa shape index (κ1) is 20.2. The molecule has 154 valence electrons. The molecule has 1 saturated heterocycles. The van der Waals surface area contributed by atoms with Gasteiger partial charge in [-0.2, -0.15) is 0 Å². The zero-order valence-electron chi connectivity index (χ0n) is 16.9. The number of hydrogen-bond acceptors (Lipinski definition) is 6. The Labute approximate surface area is 178 Å². The van der Waals surface area contributed by atoms with E-state index in [4.69, 9.17) is 0 Å².